The van der Waals surface area contributed by atoms with Crippen LogP contribution >= 0.6 is 0 Å². The normalized spacial score (nSPS) is 20.5. The smallest absolute Gasteiger partial charge is 0.407 e. The van der Waals surface area contributed by atoms with E-state index in [4.69, 9.17) is 33.2 Å². The first kappa shape index (κ1) is 40.6. The van der Waals surface area contributed by atoms with Gasteiger partial charge in [-0.1, -0.05) is 121 Å². The lowest BCUT2D eigenvalue weighted by molar-refractivity contribution is -0.327. The zero-order valence-electron chi connectivity index (χ0n) is 31.6. The summed E-state index contributed by atoms with van der Waals surface area (Å²) in [5, 5.41) is 2.82. The van der Waals surface area contributed by atoms with Gasteiger partial charge < -0.3 is 38.5 Å². The van der Waals surface area contributed by atoms with Crippen LogP contribution in [0.1, 0.15) is 56.4 Å². The van der Waals surface area contributed by atoms with Gasteiger partial charge in [0, 0.05) is 6.42 Å². The van der Waals surface area contributed by atoms with E-state index in [1.807, 2.05) is 128 Å². The van der Waals surface area contributed by atoms with Gasteiger partial charge >= 0.3 is 12.1 Å². The number of ether oxygens (including phenoxy) is 7. The fourth-order valence-electron chi connectivity index (χ4n) is 5.94. The van der Waals surface area contributed by atoms with Gasteiger partial charge in [-0.3, -0.25) is 4.79 Å². The van der Waals surface area contributed by atoms with E-state index >= 15 is 0 Å². The van der Waals surface area contributed by atoms with Crippen LogP contribution in [0.25, 0.3) is 0 Å². The Balaban J connectivity index is 1.41. The van der Waals surface area contributed by atoms with Crippen LogP contribution in [0.5, 0.6) is 0 Å². The van der Waals surface area contributed by atoms with Gasteiger partial charge in [0.25, 0.3) is 0 Å². The summed E-state index contributed by atoms with van der Waals surface area (Å²) < 4.78 is 44.4. The predicted molar refractivity (Wildman–Crippen MR) is 204 cm³/mol. The Morgan fingerprint density at radius 2 is 1.11 bits per heavy atom. The molecule has 4 aromatic rings. The summed E-state index contributed by atoms with van der Waals surface area (Å²) in [7, 11) is 0. The molecule has 0 saturated carbocycles. The monoisotopic (exact) mass is 739 g/mol. The Morgan fingerprint density at radius 3 is 1.61 bits per heavy atom. The molecule has 54 heavy (non-hydrogen) atoms. The van der Waals surface area contributed by atoms with Gasteiger partial charge in [0.05, 0.1) is 32.5 Å². The number of aryl methyl sites for hydroxylation is 1. The molecule has 0 unspecified atom stereocenters. The highest BCUT2D eigenvalue weighted by atomic mass is 16.7. The maximum Gasteiger partial charge on any atom is 0.407 e. The van der Waals surface area contributed by atoms with Crippen molar-refractivity contribution >= 4 is 12.1 Å². The molecule has 0 aromatic heterocycles. The maximum absolute atomic E-state index is 13.1. The number of alkyl carbamates (subject to hydrolysis) is 1. The van der Waals surface area contributed by atoms with Crippen molar-refractivity contribution in [2.75, 3.05) is 13.2 Å². The summed E-state index contributed by atoms with van der Waals surface area (Å²) in [6.45, 7) is 7.95. The highest BCUT2D eigenvalue weighted by Crippen LogP contribution is 2.32. The maximum atomic E-state index is 13.1. The fourth-order valence-corrected chi connectivity index (χ4v) is 5.94. The fraction of sp³-hybridized carbons (Fsp3) is 0.409. The van der Waals surface area contributed by atoms with Crippen molar-refractivity contribution in [3.63, 3.8) is 0 Å². The molecule has 0 aliphatic carbocycles. The summed E-state index contributed by atoms with van der Waals surface area (Å²) in [6.07, 6.45) is -3.81. The van der Waals surface area contributed by atoms with Crippen molar-refractivity contribution in [2.45, 2.75) is 103 Å². The predicted octanol–water partition coefficient (Wildman–Crippen LogP) is 7.57. The van der Waals surface area contributed by atoms with Crippen molar-refractivity contribution in [2.24, 2.45) is 0 Å². The van der Waals surface area contributed by atoms with Crippen LogP contribution in [0.4, 0.5) is 4.79 Å². The molecular weight excluding hydrogens is 686 g/mol. The third kappa shape index (κ3) is 13.7. The average molecular weight is 740 g/mol. The van der Waals surface area contributed by atoms with E-state index in [9.17, 15) is 9.59 Å². The largest absolute Gasteiger partial charge is 0.463 e. The Hall–Kier alpha value is -4.58. The Labute approximate surface area is 319 Å². The van der Waals surface area contributed by atoms with E-state index in [0.29, 0.717) is 6.42 Å². The quantitative estimate of drug-likeness (QED) is 0.103. The molecule has 1 N–H and O–H groups in total. The first-order valence-corrected chi connectivity index (χ1v) is 18.6. The lowest BCUT2D eigenvalue weighted by Gasteiger charge is -2.46. The summed E-state index contributed by atoms with van der Waals surface area (Å²) in [4.78, 5) is 25.7. The molecule has 0 spiro atoms. The van der Waals surface area contributed by atoms with Crippen LogP contribution in [0.2, 0.25) is 0 Å². The SMILES string of the molecule is C[C@H](CO[C@H]1O[C@H](COC(=O)CCc2ccccc2)[C@H](OCc2ccccc2)[C@H](OCc2ccccc2)[C@H]1OCc1ccccc1)NC(=O)OC(C)(C)C. The summed E-state index contributed by atoms with van der Waals surface area (Å²) >= 11 is 0. The second kappa shape index (κ2) is 20.8. The molecule has 10 heteroatoms. The van der Waals surface area contributed by atoms with E-state index in [2.05, 4.69) is 5.32 Å². The third-order valence-electron chi connectivity index (χ3n) is 8.59. The van der Waals surface area contributed by atoms with Gasteiger partial charge in [-0.2, -0.15) is 0 Å². The minimum Gasteiger partial charge on any atom is -0.463 e. The number of rotatable bonds is 18. The number of hydrogen-bond acceptors (Lipinski definition) is 9. The van der Waals surface area contributed by atoms with Crippen LogP contribution in [0.15, 0.2) is 121 Å². The molecule has 1 fully saturated rings. The second-order valence-electron chi connectivity index (χ2n) is 14.4. The molecule has 1 amide bonds. The van der Waals surface area contributed by atoms with Gasteiger partial charge in [0.15, 0.2) is 6.29 Å². The molecule has 288 valence electrons. The van der Waals surface area contributed by atoms with Crippen LogP contribution in [-0.2, 0) is 64.2 Å². The van der Waals surface area contributed by atoms with E-state index in [1.54, 1.807) is 20.8 Å². The van der Waals surface area contributed by atoms with Crippen molar-refractivity contribution in [3.05, 3.63) is 144 Å². The molecule has 5 rings (SSSR count). The van der Waals surface area contributed by atoms with E-state index in [1.165, 1.54) is 0 Å². The van der Waals surface area contributed by atoms with Crippen LogP contribution in [0, 0.1) is 0 Å². The molecule has 4 aromatic carbocycles. The highest BCUT2D eigenvalue weighted by molar-refractivity contribution is 5.69. The Bertz CT molecular complexity index is 1670. The zero-order valence-corrected chi connectivity index (χ0v) is 31.6. The average Bonchev–Trinajstić information content (AvgIpc) is 3.17. The number of carbonyl (C=O) groups is 2. The first-order chi connectivity index (χ1) is 26.1. The Morgan fingerprint density at radius 1 is 0.648 bits per heavy atom. The minimum absolute atomic E-state index is 0.0691. The van der Waals surface area contributed by atoms with Crippen molar-refractivity contribution in [1.29, 1.82) is 0 Å². The lowest BCUT2D eigenvalue weighted by Crippen LogP contribution is -2.62. The molecule has 1 saturated heterocycles. The number of nitrogens with one attached hydrogen (secondary N) is 1. The van der Waals surface area contributed by atoms with Gasteiger partial charge in [-0.15, -0.1) is 0 Å². The molecule has 0 bridgehead atoms. The van der Waals surface area contributed by atoms with Gasteiger partial charge in [0.2, 0.25) is 0 Å². The number of amides is 1. The molecule has 1 aliphatic heterocycles. The molecule has 10 nitrogen and oxygen atoms in total. The van der Waals surface area contributed by atoms with Gasteiger partial charge in [-0.25, -0.2) is 4.79 Å². The number of carbonyl (C=O) groups excluding carboxylic acids is 2. The van der Waals surface area contributed by atoms with Crippen molar-refractivity contribution in [3.8, 4) is 0 Å². The number of esters is 1. The van der Waals surface area contributed by atoms with Crippen molar-refractivity contribution < 1.29 is 42.7 Å². The molecule has 1 aliphatic rings. The van der Waals surface area contributed by atoms with Gasteiger partial charge in [-0.05, 0) is 56.4 Å². The topological polar surface area (TPSA) is 111 Å². The summed E-state index contributed by atoms with van der Waals surface area (Å²) in [5.41, 5.74) is 3.26. The van der Waals surface area contributed by atoms with Crippen molar-refractivity contribution in [1.82, 2.24) is 5.32 Å². The minimum atomic E-state index is -0.984. The zero-order chi connectivity index (χ0) is 38.2. The number of benzene rings is 4. The third-order valence-corrected chi connectivity index (χ3v) is 8.59. The summed E-state index contributed by atoms with van der Waals surface area (Å²) in [5.74, 6) is -0.360. The van der Waals surface area contributed by atoms with Crippen LogP contribution < -0.4 is 5.32 Å². The Kier molecular flexibility index (Phi) is 15.6. The lowest BCUT2D eigenvalue weighted by atomic mass is 9.97. The molecule has 6 atom stereocenters. The highest BCUT2D eigenvalue weighted by Gasteiger charge is 2.49. The number of hydrogen-bond donors (Lipinski definition) is 1. The standard InChI is InChI=1S/C44H53NO9/c1-32(45-43(47)54-44(2,3)4)27-52-42-41(51-30-36-23-15-8-16-24-36)40(50-29-35-21-13-7-14-22-35)39(49-28-34-19-11-6-12-20-34)37(53-42)31-48-38(46)26-25-33-17-9-5-10-18-33/h5-24,32,37,39-42H,25-31H2,1-4H3,(H,45,47)/t32-,37-,39+,40+,41-,42+/m1/s1. The van der Waals surface area contributed by atoms with Crippen LogP contribution in [-0.4, -0.2) is 67.6 Å². The first-order valence-electron chi connectivity index (χ1n) is 18.6. The van der Waals surface area contributed by atoms with Gasteiger partial charge in [0.1, 0.15) is 36.6 Å². The molecular formula is C44H53NO9. The van der Waals surface area contributed by atoms with E-state index in [0.717, 1.165) is 22.3 Å². The second-order valence-corrected chi connectivity index (χ2v) is 14.4. The van der Waals surface area contributed by atoms with E-state index < -0.39 is 48.4 Å². The molecule has 1 heterocycles. The molecule has 0 radical (unpaired) electrons. The van der Waals surface area contributed by atoms with E-state index in [-0.39, 0.29) is 45.4 Å². The van der Waals surface area contributed by atoms with Crippen LogP contribution in [0.3, 0.4) is 0 Å². The summed E-state index contributed by atoms with van der Waals surface area (Å²) in [6, 6.07) is 38.8.